The molecule has 2 aromatic rings. The lowest BCUT2D eigenvalue weighted by molar-refractivity contribution is 0.602. The van der Waals surface area contributed by atoms with Crippen molar-refractivity contribution in [2.75, 3.05) is 0 Å². The largest absolute Gasteiger partial charge is 0.350 e. The zero-order valence-electron chi connectivity index (χ0n) is 10.3. The van der Waals surface area contributed by atoms with E-state index in [0.717, 1.165) is 19.6 Å². The molecule has 3 nitrogen and oxygen atoms in total. The standard InChI is InChI=1S/C14H19N3/c1-2-9-17-10-3-4-14(17)12-16-11-13-5-7-15-8-6-13/h3-8,10,16H,2,9,11-12H2,1H3. The molecule has 3 heteroatoms. The molecule has 0 atom stereocenters. The zero-order chi connectivity index (χ0) is 11.9. The lowest BCUT2D eigenvalue weighted by Crippen LogP contribution is -2.15. The van der Waals surface area contributed by atoms with Crippen molar-refractivity contribution in [1.29, 1.82) is 0 Å². The highest BCUT2D eigenvalue weighted by molar-refractivity contribution is 5.10. The van der Waals surface area contributed by atoms with E-state index in [-0.39, 0.29) is 0 Å². The number of pyridine rings is 1. The first-order valence-electron chi connectivity index (χ1n) is 6.14. The molecule has 0 unspecified atom stereocenters. The van der Waals surface area contributed by atoms with E-state index < -0.39 is 0 Å². The van der Waals surface area contributed by atoms with Gasteiger partial charge in [0, 0.05) is 43.9 Å². The smallest absolute Gasteiger partial charge is 0.0362 e. The highest BCUT2D eigenvalue weighted by Gasteiger charge is 1.99. The minimum atomic E-state index is 0.889. The van der Waals surface area contributed by atoms with Crippen LogP contribution < -0.4 is 5.32 Å². The van der Waals surface area contributed by atoms with E-state index >= 15 is 0 Å². The van der Waals surface area contributed by atoms with Crippen molar-refractivity contribution >= 4 is 0 Å². The van der Waals surface area contributed by atoms with Gasteiger partial charge in [-0.1, -0.05) is 6.92 Å². The predicted octanol–water partition coefficient (Wildman–Crippen LogP) is 2.58. The molecule has 2 aromatic heterocycles. The first-order valence-corrected chi connectivity index (χ1v) is 6.14. The maximum absolute atomic E-state index is 4.01. The molecule has 17 heavy (non-hydrogen) atoms. The molecule has 0 saturated carbocycles. The Morgan fingerprint density at radius 2 is 2.00 bits per heavy atom. The fraction of sp³-hybridized carbons (Fsp3) is 0.357. The Bertz CT molecular complexity index is 434. The van der Waals surface area contributed by atoms with Crippen LogP contribution in [-0.2, 0) is 19.6 Å². The average Bonchev–Trinajstić information content (AvgIpc) is 2.79. The Morgan fingerprint density at radius 1 is 1.18 bits per heavy atom. The summed E-state index contributed by atoms with van der Waals surface area (Å²) in [6, 6.07) is 8.37. The Labute approximate surface area is 103 Å². The highest BCUT2D eigenvalue weighted by atomic mass is 15.0. The summed E-state index contributed by atoms with van der Waals surface area (Å²) in [5, 5.41) is 3.45. The summed E-state index contributed by atoms with van der Waals surface area (Å²) in [7, 11) is 0. The van der Waals surface area contributed by atoms with Gasteiger partial charge in [0.15, 0.2) is 0 Å². The summed E-state index contributed by atoms with van der Waals surface area (Å²) in [4.78, 5) is 4.01. The molecule has 2 heterocycles. The second-order valence-electron chi connectivity index (χ2n) is 4.15. The molecule has 0 saturated heterocycles. The van der Waals surface area contributed by atoms with Crippen LogP contribution in [0.3, 0.4) is 0 Å². The number of nitrogens with zero attached hydrogens (tertiary/aromatic N) is 2. The van der Waals surface area contributed by atoms with Crippen molar-refractivity contribution in [3.05, 3.63) is 54.1 Å². The summed E-state index contributed by atoms with van der Waals surface area (Å²) >= 11 is 0. The maximum atomic E-state index is 4.01. The van der Waals surface area contributed by atoms with Gasteiger partial charge in [-0.05, 0) is 36.2 Å². The fourth-order valence-electron chi connectivity index (χ4n) is 1.90. The van der Waals surface area contributed by atoms with Crippen LogP contribution in [0.5, 0.6) is 0 Å². The molecule has 90 valence electrons. The van der Waals surface area contributed by atoms with E-state index in [0.29, 0.717) is 0 Å². The second kappa shape index (κ2) is 6.21. The van der Waals surface area contributed by atoms with Gasteiger partial charge in [-0.25, -0.2) is 0 Å². The fourth-order valence-corrected chi connectivity index (χ4v) is 1.90. The SMILES string of the molecule is CCCn1cccc1CNCc1ccncc1. The summed E-state index contributed by atoms with van der Waals surface area (Å²) in [6.07, 6.45) is 6.98. The Hall–Kier alpha value is -1.61. The van der Waals surface area contributed by atoms with Gasteiger partial charge in [0.25, 0.3) is 0 Å². The minimum Gasteiger partial charge on any atom is -0.350 e. The third-order valence-corrected chi connectivity index (χ3v) is 2.77. The Morgan fingerprint density at radius 3 is 2.76 bits per heavy atom. The molecule has 0 spiro atoms. The van der Waals surface area contributed by atoms with Crippen molar-refractivity contribution in [1.82, 2.24) is 14.9 Å². The van der Waals surface area contributed by atoms with Crippen molar-refractivity contribution in [3.8, 4) is 0 Å². The van der Waals surface area contributed by atoms with Gasteiger partial charge >= 0.3 is 0 Å². The topological polar surface area (TPSA) is 29.9 Å². The number of aryl methyl sites for hydroxylation is 1. The number of hydrogen-bond acceptors (Lipinski definition) is 2. The molecular weight excluding hydrogens is 210 g/mol. The molecule has 0 radical (unpaired) electrons. The first-order chi connectivity index (χ1) is 8.40. The van der Waals surface area contributed by atoms with Gasteiger partial charge < -0.3 is 9.88 Å². The van der Waals surface area contributed by atoms with Gasteiger partial charge in [-0.3, -0.25) is 4.98 Å². The van der Waals surface area contributed by atoms with E-state index in [2.05, 4.69) is 40.1 Å². The number of aromatic nitrogens is 2. The summed E-state index contributed by atoms with van der Waals surface area (Å²) in [6.45, 7) is 5.10. The van der Waals surface area contributed by atoms with E-state index in [1.807, 2.05) is 24.5 Å². The van der Waals surface area contributed by atoms with Crippen LogP contribution in [0.2, 0.25) is 0 Å². The summed E-state index contributed by atoms with van der Waals surface area (Å²) in [5.41, 5.74) is 2.62. The van der Waals surface area contributed by atoms with Crippen LogP contribution in [0, 0.1) is 0 Å². The van der Waals surface area contributed by atoms with E-state index in [1.54, 1.807) is 0 Å². The zero-order valence-corrected chi connectivity index (χ0v) is 10.3. The molecule has 0 aliphatic carbocycles. The maximum Gasteiger partial charge on any atom is 0.0362 e. The van der Waals surface area contributed by atoms with Crippen LogP contribution in [0.1, 0.15) is 24.6 Å². The van der Waals surface area contributed by atoms with Crippen molar-refractivity contribution < 1.29 is 0 Å². The third-order valence-electron chi connectivity index (χ3n) is 2.77. The minimum absolute atomic E-state index is 0.889. The normalized spacial score (nSPS) is 10.6. The number of hydrogen-bond donors (Lipinski definition) is 1. The van der Waals surface area contributed by atoms with Crippen molar-refractivity contribution in [3.63, 3.8) is 0 Å². The quantitative estimate of drug-likeness (QED) is 0.825. The highest BCUT2D eigenvalue weighted by Crippen LogP contribution is 2.04. The van der Waals surface area contributed by atoms with E-state index in [1.165, 1.54) is 17.7 Å². The van der Waals surface area contributed by atoms with Crippen LogP contribution in [0.25, 0.3) is 0 Å². The molecule has 0 aromatic carbocycles. The average molecular weight is 229 g/mol. The van der Waals surface area contributed by atoms with Crippen LogP contribution >= 0.6 is 0 Å². The molecule has 0 aliphatic rings. The molecule has 0 bridgehead atoms. The monoisotopic (exact) mass is 229 g/mol. The van der Waals surface area contributed by atoms with Crippen molar-refractivity contribution in [2.45, 2.75) is 33.0 Å². The number of nitrogens with one attached hydrogen (secondary N) is 1. The Kier molecular flexibility index (Phi) is 4.33. The second-order valence-corrected chi connectivity index (χ2v) is 4.15. The molecule has 1 N–H and O–H groups in total. The predicted molar refractivity (Wildman–Crippen MR) is 69.5 cm³/mol. The van der Waals surface area contributed by atoms with Gasteiger partial charge in [0.1, 0.15) is 0 Å². The molecule has 0 fully saturated rings. The third kappa shape index (κ3) is 3.43. The molecular formula is C14H19N3. The first kappa shape index (κ1) is 11.9. The lowest BCUT2D eigenvalue weighted by atomic mass is 10.2. The van der Waals surface area contributed by atoms with Gasteiger partial charge in [0.05, 0.1) is 0 Å². The van der Waals surface area contributed by atoms with Gasteiger partial charge in [-0.15, -0.1) is 0 Å². The molecule has 2 rings (SSSR count). The summed E-state index contributed by atoms with van der Waals surface area (Å²) in [5.74, 6) is 0. The Balaban J connectivity index is 1.84. The van der Waals surface area contributed by atoms with E-state index in [4.69, 9.17) is 0 Å². The number of rotatable bonds is 6. The van der Waals surface area contributed by atoms with Crippen LogP contribution in [0.15, 0.2) is 42.9 Å². The lowest BCUT2D eigenvalue weighted by Gasteiger charge is -2.09. The van der Waals surface area contributed by atoms with E-state index in [9.17, 15) is 0 Å². The summed E-state index contributed by atoms with van der Waals surface area (Å²) < 4.78 is 2.31. The molecule has 0 amide bonds. The van der Waals surface area contributed by atoms with Gasteiger partial charge in [0.2, 0.25) is 0 Å². The van der Waals surface area contributed by atoms with Crippen LogP contribution in [0.4, 0.5) is 0 Å². The molecule has 0 aliphatic heterocycles. The van der Waals surface area contributed by atoms with Crippen LogP contribution in [-0.4, -0.2) is 9.55 Å². The van der Waals surface area contributed by atoms with Gasteiger partial charge in [-0.2, -0.15) is 0 Å². The van der Waals surface area contributed by atoms with Crippen molar-refractivity contribution in [2.24, 2.45) is 0 Å².